The SMILES string of the molecule is Cc1c(C(=O)OCC(=O)c2cc(C)n(C[C@H]3COc4ccccc4O3)c2C)oc2ccc(Br)cc12. The molecule has 3 heterocycles. The van der Waals surface area contributed by atoms with Gasteiger partial charge in [-0.2, -0.15) is 0 Å². The Hall–Kier alpha value is -3.52. The minimum atomic E-state index is -0.664. The fraction of sp³-hybridized carbons (Fsp3) is 0.259. The van der Waals surface area contributed by atoms with Crippen molar-refractivity contribution >= 4 is 38.7 Å². The number of hydrogen-bond acceptors (Lipinski definition) is 6. The number of halogens is 1. The van der Waals surface area contributed by atoms with Gasteiger partial charge in [0.25, 0.3) is 0 Å². The molecule has 0 aliphatic carbocycles. The van der Waals surface area contributed by atoms with Gasteiger partial charge in [-0.1, -0.05) is 28.1 Å². The Balaban J connectivity index is 1.26. The molecule has 180 valence electrons. The number of hydrogen-bond donors (Lipinski definition) is 0. The number of Topliss-reactive ketones (excluding diaryl/α,β-unsaturated/α-hetero) is 1. The van der Waals surface area contributed by atoms with Crippen molar-refractivity contribution in [3.8, 4) is 11.5 Å². The van der Waals surface area contributed by atoms with Crippen LogP contribution in [-0.4, -0.2) is 35.6 Å². The number of esters is 1. The van der Waals surface area contributed by atoms with E-state index in [1.54, 1.807) is 13.0 Å². The predicted octanol–water partition coefficient (Wildman–Crippen LogP) is 5.80. The van der Waals surface area contributed by atoms with Gasteiger partial charge in [0.05, 0.1) is 6.54 Å². The second-order valence-corrected chi connectivity index (χ2v) is 9.50. The highest BCUT2D eigenvalue weighted by molar-refractivity contribution is 9.10. The number of rotatable bonds is 6. The Labute approximate surface area is 210 Å². The van der Waals surface area contributed by atoms with E-state index in [4.69, 9.17) is 18.6 Å². The number of ether oxygens (including phenoxy) is 3. The lowest BCUT2D eigenvalue weighted by Crippen LogP contribution is -2.33. The highest BCUT2D eigenvalue weighted by Gasteiger charge is 2.25. The first-order chi connectivity index (χ1) is 16.8. The van der Waals surface area contributed by atoms with Gasteiger partial charge in [-0.25, -0.2) is 4.79 Å². The van der Waals surface area contributed by atoms with Crippen LogP contribution in [0.1, 0.15) is 37.9 Å². The molecular weight excluding hydrogens is 514 g/mol. The highest BCUT2D eigenvalue weighted by atomic mass is 79.9. The van der Waals surface area contributed by atoms with Crippen LogP contribution in [0.25, 0.3) is 11.0 Å². The van der Waals surface area contributed by atoms with Crippen molar-refractivity contribution in [1.82, 2.24) is 4.57 Å². The summed E-state index contributed by atoms with van der Waals surface area (Å²) in [6, 6.07) is 14.9. The molecule has 0 radical (unpaired) electrons. The Morgan fingerprint density at radius 1 is 1.09 bits per heavy atom. The summed E-state index contributed by atoms with van der Waals surface area (Å²) >= 11 is 3.42. The summed E-state index contributed by atoms with van der Waals surface area (Å²) in [6.07, 6.45) is -0.188. The molecule has 8 heteroatoms. The molecule has 1 aliphatic rings. The second kappa shape index (κ2) is 9.26. The van der Waals surface area contributed by atoms with Crippen LogP contribution < -0.4 is 9.47 Å². The van der Waals surface area contributed by atoms with Gasteiger partial charge < -0.3 is 23.2 Å². The minimum Gasteiger partial charge on any atom is -0.486 e. The van der Waals surface area contributed by atoms with Crippen LogP contribution in [0.3, 0.4) is 0 Å². The smallest absolute Gasteiger partial charge is 0.375 e. The number of carbonyl (C=O) groups is 2. The fourth-order valence-electron chi connectivity index (χ4n) is 4.38. The van der Waals surface area contributed by atoms with Crippen LogP contribution in [0.4, 0.5) is 0 Å². The van der Waals surface area contributed by atoms with Crippen molar-refractivity contribution < 1.29 is 28.2 Å². The Morgan fingerprint density at radius 3 is 2.66 bits per heavy atom. The van der Waals surface area contributed by atoms with Crippen molar-refractivity contribution in [3.05, 3.63) is 81.3 Å². The maximum atomic E-state index is 12.9. The molecule has 5 rings (SSSR count). The van der Waals surface area contributed by atoms with Crippen molar-refractivity contribution in [2.45, 2.75) is 33.4 Å². The van der Waals surface area contributed by atoms with Crippen LogP contribution >= 0.6 is 15.9 Å². The number of carbonyl (C=O) groups excluding carboxylic acids is 2. The van der Waals surface area contributed by atoms with E-state index in [1.807, 2.05) is 60.9 Å². The first-order valence-electron chi connectivity index (χ1n) is 11.3. The Kier molecular flexibility index (Phi) is 6.15. The van der Waals surface area contributed by atoms with Crippen LogP contribution in [-0.2, 0) is 11.3 Å². The summed E-state index contributed by atoms with van der Waals surface area (Å²) in [7, 11) is 0. The van der Waals surface area contributed by atoms with Gasteiger partial charge in [0.2, 0.25) is 11.5 Å². The van der Waals surface area contributed by atoms with Gasteiger partial charge in [0.15, 0.2) is 24.2 Å². The molecule has 2 aromatic carbocycles. The molecule has 35 heavy (non-hydrogen) atoms. The van der Waals surface area contributed by atoms with Crippen LogP contribution in [0.5, 0.6) is 11.5 Å². The molecule has 1 aliphatic heterocycles. The molecule has 2 aromatic heterocycles. The van der Waals surface area contributed by atoms with Gasteiger partial charge in [-0.3, -0.25) is 4.79 Å². The van der Waals surface area contributed by atoms with Crippen molar-refractivity contribution in [2.24, 2.45) is 0 Å². The third-order valence-corrected chi connectivity index (χ3v) is 6.74. The number of para-hydroxylation sites is 2. The lowest BCUT2D eigenvalue weighted by atomic mass is 10.1. The summed E-state index contributed by atoms with van der Waals surface area (Å²) in [5.74, 6) is 0.604. The number of ketones is 1. The average Bonchev–Trinajstić information content (AvgIpc) is 3.33. The van der Waals surface area contributed by atoms with Crippen molar-refractivity contribution in [1.29, 1.82) is 0 Å². The van der Waals surface area contributed by atoms with Gasteiger partial charge in [-0.15, -0.1) is 0 Å². The molecule has 0 saturated carbocycles. The number of benzene rings is 2. The molecular formula is C27H24BrNO6. The maximum Gasteiger partial charge on any atom is 0.375 e. The zero-order valence-corrected chi connectivity index (χ0v) is 21.2. The number of aryl methyl sites for hydroxylation is 2. The molecule has 1 atom stereocenters. The number of aromatic nitrogens is 1. The van der Waals surface area contributed by atoms with E-state index in [2.05, 4.69) is 15.9 Å². The molecule has 7 nitrogen and oxygen atoms in total. The number of furan rings is 1. The Morgan fingerprint density at radius 2 is 1.86 bits per heavy atom. The first kappa shape index (κ1) is 23.2. The van der Waals surface area contributed by atoms with Crippen LogP contribution in [0, 0.1) is 20.8 Å². The summed E-state index contributed by atoms with van der Waals surface area (Å²) in [5, 5.41) is 0.817. The van der Waals surface area contributed by atoms with Crippen molar-refractivity contribution in [2.75, 3.05) is 13.2 Å². The zero-order chi connectivity index (χ0) is 24.7. The van der Waals surface area contributed by atoms with E-state index in [-0.39, 0.29) is 24.3 Å². The molecule has 4 aromatic rings. The Bertz CT molecular complexity index is 1450. The van der Waals surface area contributed by atoms with E-state index >= 15 is 0 Å². The van der Waals surface area contributed by atoms with E-state index in [0.717, 1.165) is 27.0 Å². The monoisotopic (exact) mass is 537 g/mol. The van der Waals surface area contributed by atoms with Gasteiger partial charge >= 0.3 is 5.97 Å². The topological polar surface area (TPSA) is 79.9 Å². The van der Waals surface area contributed by atoms with E-state index < -0.39 is 5.97 Å². The fourth-order valence-corrected chi connectivity index (χ4v) is 4.74. The third-order valence-electron chi connectivity index (χ3n) is 6.25. The second-order valence-electron chi connectivity index (χ2n) is 8.59. The third kappa shape index (κ3) is 4.46. The average molecular weight is 538 g/mol. The largest absolute Gasteiger partial charge is 0.486 e. The van der Waals surface area contributed by atoms with E-state index in [9.17, 15) is 9.59 Å². The molecule has 0 fully saturated rings. The highest BCUT2D eigenvalue weighted by Crippen LogP contribution is 2.32. The number of nitrogens with zero attached hydrogens (tertiary/aromatic N) is 1. The van der Waals surface area contributed by atoms with E-state index in [1.165, 1.54) is 0 Å². The summed E-state index contributed by atoms with van der Waals surface area (Å²) in [6.45, 7) is 6.18. The lowest BCUT2D eigenvalue weighted by Gasteiger charge is -2.27. The molecule has 0 amide bonds. The quantitative estimate of drug-likeness (QED) is 0.228. The summed E-state index contributed by atoms with van der Waals surface area (Å²) in [4.78, 5) is 25.6. The molecule has 0 saturated heterocycles. The molecule has 0 unspecified atom stereocenters. The van der Waals surface area contributed by atoms with Gasteiger partial charge in [0, 0.05) is 32.4 Å². The minimum absolute atomic E-state index is 0.103. The predicted molar refractivity (Wildman–Crippen MR) is 134 cm³/mol. The molecule has 0 spiro atoms. The number of fused-ring (bicyclic) bond motifs is 2. The molecule has 0 N–H and O–H groups in total. The zero-order valence-electron chi connectivity index (χ0n) is 19.6. The normalized spacial score (nSPS) is 14.8. The summed E-state index contributed by atoms with van der Waals surface area (Å²) in [5.41, 5.74) is 3.48. The van der Waals surface area contributed by atoms with Crippen LogP contribution in [0.2, 0.25) is 0 Å². The van der Waals surface area contributed by atoms with E-state index in [0.29, 0.717) is 35.6 Å². The van der Waals surface area contributed by atoms with Gasteiger partial charge in [0.1, 0.15) is 12.2 Å². The summed E-state index contributed by atoms with van der Waals surface area (Å²) < 4.78 is 25.8. The van der Waals surface area contributed by atoms with Crippen LogP contribution in [0.15, 0.2) is 57.4 Å². The first-order valence-corrected chi connectivity index (χ1v) is 12.1. The van der Waals surface area contributed by atoms with Gasteiger partial charge in [-0.05, 0) is 57.2 Å². The maximum absolute atomic E-state index is 12.9. The van der Waals surface area contributed by atoms with Crippen molar-refractivity contribution in [3.63, 3.8) is 0 Å². The molecule has 0 bridgehead atoms. The standard InChI is InChI=1S/C27H24BrNO6/c1-15-10-21(17(3)29(15)12-19-13-32-24-6-4-5-7-25(24)34-19)22(30)14-33-27(31)26-16(2)20-11-18(28)8-9-23(20)35-26/h4-11,19H,12-14H2,1-3H3/t19-/m0/s1. The lowest BCUT2D eigenvalue weighted by molar-refractivity contribution is 0.0445.